The highest BCUT2D eigenvalue weighted by molar-refractivity contribution is 5.93. The lowest BCUT2D eigenvalue weighted by Crippen LogP contribution is -2.45. The molecule has 1 atom stereocenters. The molecule has 0 radical (unpaired) electrons. The molecule has 1 amide bonds. The van der Waals surface area contributed by atoms with Crippen LogP contribution in [0.15, 0.2) is 18.3 Å². The minimum atomic E-state index is -2.48. The quantitative estimate of drug-likeness (QED) is 0.840. The van der Waals surface area contributed by atoms with Gasteiger partial charge in [0.05, 0.1) is 6.54 Å². The average molecular weight is 285 g/mol. The number of rotatable bonds is 6. The van der Waals surface area contributed by atoms with Gasteiger partial charge in [-0.1, -0.05) is 12.8 Å². The van der Waals surface area contributed by atoms with Gasteiger partial charge in [0.25, 0.3) is 12.3 Å². The Morgan fingerprint density at radius 1 is 1.45 bits per heavy atom. The molecule has 1 aliphatic carbocycles. The Kier molecular flexibility index (Phi) is 5.11. The van der Waals surface area contributed by atoms with Crippen molar-refractivity contribution >= 4 is 5.91 Å². The minimum Gasteiger partial charge on any atom is -0.346 e. The van der Waals surface area contributed by atoms with Gasteiger partial charge in [-0.2, -0.15) is 0 Å². The van der Waals surface area contributed by atoms with E-state index >= 15 is 0 Å². The number of halogens is 2. The number of alkyl halides is 2. The molecule has 1 heterocycles. The molecule has 1 unspecified atom stereocenters. The highest BCUT2D eigenvalue weighted by Gasteiger charge is 2.26. The Balaban J connectivity index is 2.01. The predicted octanol–water partition coefficient (Wildman–Crippen LogP) is 2.00. The number of nitrogens with zero attached hydrogens (tertiary/aromatic N) is 1. The molecule has 1 aromatic rings. The van der Waals surface area contributed by atoms with E-state index in [1.807, 2.05) is 0 Å². The van der Waals surface area contributed by atoms with Crippen LogP contribution in [0.25, 0.3) is 0 Å². The second-order valence-corrected chi connectivity index (χ2v) is 5.30. The molecule has 2 rings (SSSR count). The van der Waals surface area contributed by atoms with Crippen molar-refractivity contribution in [1.29, 1.82) is 0 Å². The predicted molar refractivity (Wildman–Crippen MR) is 72.7 cm³/mol. The molecule has 0 spiro atoms. The van der Waals surface area contributed by atoms with Gasteiger partial charge in [0.15, 0.2) is 0 Å². The van der Waals surface area contributed by atoms with Crippen LogP contribution in [-0.2, 0) is 6.54 Å². The van der Waals surface area contributed by atoms with Crippen molar-refractivity contribution < 1.29 is 13.6 Å². The number of hydrogen-bond donors (Lipinski definition) is 2. The number of hydrogen-bond acceptors (Lipinski definition) is 2. The minimum absolute atomic E-state index is 0.0695. The lowest BCUT2D eigenvalue weighted by Gasteiger charge is -2.23. The Morgan fingerprint density at radius 2 is 2.15 bits per heavy atom. The second-order valence-electron chi connectivity index (χ2n) is 5.30. The SMILES string of the molecule is NCC(NC(=O)c1cccn1CC(F)F)C1CCCC1. The van der Waals surface area contributed by atoms with E-state index in [9.17, 15) is 13.6 Å². The zero-order valence-corrected chi connectivity index (χ0v) is 11.4. The summed E-state index contributed by atoms with van der Waals surface area (Å²) in [6.07, 6.45) is 3.49. The van der Waals surface area contributed by atoms with Crippen LogP contribution >= 0.6 is 0 Å². The number of carbonyl (C=O) groups is 1. The van der Waals surface area contributed by atoms with Crippen molar-refractivity contribution in [3.05, 3.63) is 24.0 Å². The summed E-state index contributed by atoms with van der Waals surface area (Å²) >= 11 is 0. The topological polar surface area (TPSA) is 60.0 Å². The van der Waals surface area contributed by atoms with Gasteiger partial charge < -0.3 is 15.6 Å². The third-order valence-corrected chi connectivity index (χ3v) is 3.94. The van der Waals surface area contributed by atoms with Gasteiger partial charge in [0.1, 0.15) is 5.69 Å². The number of nitrogens with one attached hydrogen (secondary N) is 1. The van der Waals surface area contributed by atoms with Gasteiger partial charge in [-0.05, 0) is 30.9 Å². The summed E-state index contributed by atoms with van der Waals surface area (Å²) < 4.78 is 26.2. The summed E-state index contributed by atoms with van der Waals surface area (Å²) in [5, 5.41) is 2.90. The van der Waals surface area contributed by atoms with Gasteiger partial charge in [-0.3, -0.25) is 4.79 Å². The Hall–Kier alpha value is -1.43. The van der Waals surface area contributed by atoms with Crippen LogP contribution in [0.1, 0.15) is 36.2 Å². The maximum Gasteiger partial charge on any atom is 0.268 e. The third kappa shape index (κ3) is 3.56. The summed E-state index contributed by atoms with van der Waals surface area (Å²) in [5.74, 6) is 0.0838. The number of carbonyl (C=O) groups excluding carboxylic acids is 1. The maximum absolute atomic E-state index is 12.4. The summed E-state index contributed by atoms with van der Waals surface area (Å²) in [6.45, 7) is -0.0849. The number of amides is 1. The van der Waals surface area contributed by atoms with Gasteiger partial charge in [-0.25, -0.2) is 8.78 Å². The summed E-state index contributed by atoms with van der Waals surface area (Å²) in [5.41, 5.74) is 6.00. The fourth-order valence-electron chi connectivity index (χ4n) is 2.90. The van der Waals surface area contributed by atoms with Crippen molar-refractivity contribution in [2.24, 2.45) is 11.7 Å². The molecule has 0 aromatic carbocycles. The van der Waals surface area contributed by atoms with Crippen LogP contribution in [0.3, 0.4) is 0 Å². The van der Waals surface area contributed by atoms with Crippen LogP contribution in [-0.4, -0.2) is 29.5 Å². The Morgan fingerprint density at radius 3 is 2.75 bits per heavy atom. The zero-order chi connectivity index (χ0) is 14.5. The van der Waals surface area contributed by atoms with Crippen molar-refractivity contribution in [3.63, 3.8) is 0 Å². The fraction of sp³-hybridized carbons (Fsp3) is 0.643. The highest BCUT2D eigenvalue weighted by atomic mass is 19.3. The van der Waals surface area contributed by atoms with E-state index in [0.29, 0.717) is 12.5 Å². The first kappa shape index (κ1) is 15.0. The molecule has 20 heavy (non-hydrogen) atoms. The van der Waals surface area contributed by atoms with Gasteiger partial charge in [0, 0.05) is 18.8 Å². The number of nitrogens with two attached hydrogens (primary N) is 1. The zero-order valence-electron chi connectivity index (χ0n) is 11.4. The third-order valence-electron chi connectivity index (χ3n) is 3.94. The molecule has 0 bridgehead atoms. The van der Waals surface area contributed by atoms with Crippen molar-refractivity contribution in [3.8, 4) is 0 Å². The van der Waals surface area contributed by atoms with Crippen molar-refractivity contribution in [1.82, 2.24) is 9.88 Å². The van der Waals surface area contributed by atoms with Gasteiger partial charge in [-0.15, -0.1) is 0 Å². The van der Waals surface area contributed by atoms with Crippen LogP contribution in [0.4, 0.5) is 8.78 Å². The van der Waals surface area contributed by atoms with E-state index in [2.05, 4.69) is 5.32 Å². The number of aromatic nitrogens is 1. The van der Waals surface area contributed by atoms with E-state index in [1.54, 1.807) is 12.1 Å². The van der Waals surface area contributed by atoms with E-state index < -0.39 is 13.0 Å². The van der Waals surface area contributed by atoms with E-state index in [1.165, 1.54) is 23.6 Å². The van der Waals surface area contributed by atoms with Crippen LogP contribution in [0, 0.1) is 5.92 Å². The molecule has 0 saturated heterocycles. The maximum atomic E-state index is 12.4. The molecule has 112 valence electrons. The van der Waals surface area contributed by atoms with Crippen LogP contribution in [0.5, 0.6) is 0 Å². The van der Waals surface area contributed by atoms with Gasteiger partial charge >= 0.3 is 0 Å². The summed E-state index contributed by atoms with van der Waals surface area (Å²) in [4.78, 5) is 12.2. The molecule has 3 N–H and O–H groups in total. The van der Waals surface area contributed by atoms with Crippen molar-refractivity contribution in [2.75, 3.05) is 6.54 Å². The first-order chi connectivity index (χ1) is 9.61. The molecule has 1 aliphatic rings. The fourth-order valence-corrected chi connectivity index (χ4v) is 2.90. The van der Waals surface area contributed by atoms with E-state index in [0.717, 1.165) is 12.8 Å². The molecule has 1 saturated carbocycles. The second kappa shape index (κ2) is 6.83. The molecule has 6 heteroatoms. The van der Waals surface area contributed by atoms with Crippen molar-refractivity contribution in [2.45, 2.75) is 44.7 Å². The first-order valence-corrected chi connectivity index (χ1v) is 7.06. The molecule has 0 aliphatic heterocycles. The Labute approximate surface area is 117 Å². The lowest BCUT2D eigenvalue weighted by molar-refractivity contribution is 0.0902. The average Bonchev–Trinajstić information content (AvgIpc) is 3.05. The van der Waals surface area contributed by atoms with E-state index in [-0.39, 0.29) is 17.6 Å². The normalized spacial score (nSPS) is 17.6. The summed E-state index contributed by atoms with van der Waals surface area (Å²) in [7, 11) is 0. The van der Waals surface area contributed by atoms with E-state index in [4.69, 9.17) is 5.73 Å². The van der Waals surface area contributed by atoms with Gasteiger partial charge in [0.2, 0.25) is 0 Å². The monoisotopic (exact) mass is 285 g/mol. The first-order valence-electron chi connectivity index (χ1n) is 7.06. The molecular formula is C14H21F2N3O. The lowest BCUT2D eigenvalue weighted by atomic mass is 9.98. The Bertz CT molecular complexity index is 441. The van der Waals surface area contributed by atoms with Crippen LogP contribution in [0.2, 0.25) is 0 Å². The largest absolute Gasteiger partial charge is 0.346 e. The van der Waals surface area contributed by atoms with Crippen LogP contribution < -0.4 is 11.1 Å². The molecule has 1 aromatic heterocycles. The highest BCUT2D eigenvalue weighted by Crippen LogP contribution is 2.27. The smallest absolute Gasteiger partial charge is 0.268 e. The molecule has 1 fully saturated rings. The molecular weight excluding hydrogens is 264 g/mol. The molecule has 4 nitrogen and oxygen atoms in total. The standard InChI is InChI=1S/C14H21F2N3O/c15-13(16)9-19-7-3-6-12(19)14(20)18-11(8-17)10-4-1-2-5-10/h3,6-7,10-11,13H,1-2,4-5,8-9,17H2,(H,18,20). The summed E-state index contributed by atoms with van der Waals surface area (Å²) in [6, 6.07) is 3.09.